The SMILES string of the molecule is C1=C(c2ccc(-c3cc(-n4c5ccccc5c5ccccc54)cc(-n4c5ccccc5c5ccccc54)c3)c3ccccc23)NC(c2ccccc2)N=C1c1ccccc1. The Kier molecular flexibility index (Phi) is 7.88. The third-order valence-corrected chi connectivity index (χ3v) is 12.1. The lowest BCUT2D eigenvalue weighted by molar-refractivity contribution is 0.664. The van der Waals surface area contributed by atoms with Crippen LogP contribution in [0.2, 0.25) is 0 Å². The Morgan fingerprint density at radius 2 is 0.783 bits per heavy atom. The third-order valence-electron chi connectivity index (χ3n) is 12.1. The number of rotatable bonds is 6. The fraction of sp³-hybridized carbons (Fsp3) is 0.0179. The van der Waals surface area contributed by atoms with Gasteiger partial charge in [-0.1, -0.05) is 170 Å². The average molecular weight is 767 g/mol. The second kappa shape index (κ2) is 13.9. The van der Waals surface area contributed by atoms with E-state index >= 15 is 0 Å². The second-order valence-electron chi connectivity index (χ2n) is 15.6. The van der Waals surface area contributed by atoms with Gasteiger partial charge in [0.2, 0.25) is 0 Å². The van der Waals surface area contributed by atoms with E-state index in [-0.39, 0.29) is 6.17 Å². The van der Waals surface area contributed by atoms with E-state index in [1.807, 2.05) is 0 Å². The predicted molar refractivity (Wildman–Crippen MR) is 251 cm³/mol. The maximum Gasteiger partial charge on any atom is 0.145 e. The molecule has 0 saturated heterocycles. The summed E-state index contributed by atoms with van der Waals surface area (Å²) in [4.78, 5) is 5.22. The van der Waals surface area contributed by atoms with E-state index in [4.69, 9.17) is 4.99 Å². The molecule has 1 atom stereocenters. The van der Waals surface area contributed by atoms with Gasteiger partial charge in [-0.15, -0.1) is 0 Å². The van der Waals surface area contributed by atoms with Gasteiger partial charge in [0.25, 0.3) is 0 Å². The van der Waals surface area contributed by atoms with Gasteiger partial charge in [-0.2, -0.15) is 0 Å². The number of fused-ring (bicyclic) bond motifs is 7. The summed E-state index contributed by atoms with van der Waals surface area (Å²) in [5.74, 6) is 0. The van der Waals surface area contributed by atoms with E-state index in [9.17, 15) is 0 Å². The fourth-order valence-corrected chi connectivity index (χ4v) is 9.45. The van der Waals surface area contributed by atoms with Gasteiger partial charge in [-0.25, -0.2) is 0 Å². The van der Waals surface area contributed by atoms with Crippen LogP contribution in [0.1, 0.15) is 22.9 Å². The number of nitrogens with zero attached hydrogens (tertiary/aromatic N) is 3. The molecule has 0 amide bonds. The molecule has 4 heteroatoms. The molecule has 11 aromatic rings. The van der Waals surface area contributed by atoms with Crippen LogP contribution in [0.15, 0.2) is 223 Å². The van der Waals surface area contributed by atoms with Gasteiger partial charge in [0.1, 0.15) is 6.17 Å². The Hall–Kier alpha value is -7.95. The van der Waals surface area contributed by atoms with Crippen molar-refractivity contribution in [1.82, 2.24) is 14.5 Å². The van der Waals surface area contributed by atoms with Gasteiger partial charge in [0, 0.05) is 44.2 Å². The van der Waals surface area contributed by atoms with E-state index < -0.39 is 0 Å². The molecule has 1 aliphatic heterocycles. The lowest BCUT2D eigenvalue weighted by Crippen LogP contribution is -2.25. The largest absolute Gasteiger partial charge is 0.359 e. The zero-order valence-corrected chi connectivity index (χ0v) is 32.7. The molecule has 0 radical (unpaired) electrons. The van der Waals surface area contributed by atoms with Crippen LogP contribution in [0, 0.1) is 0 Å². The molecule has 3 heterocycles. The number of nitrogens with one attached hydrogen (secondary N) is 1. The van der Waals surface area contributed by atoms with Crippen LogP contribution in [-0.4, -0.2) is 14.8 Å². The zero-order valence-electron chi connectivity index (χ0n) is 32.7. The lowest BCUT2D eigenvalue weighted by Gasteiger charge is -2.26. The van der Waals surface area contributed by atoms with Crippen LogP contribution in [0.3, 0.4) is 0 Å². The number of allylic oxidation sites excluding steroid dienone is 1. The summed E-state index contributed by atoms with van der Waals surface area (Å²) in [6, 6.07) is 76.6. The van der Waals surface area contributed by atoms with Gasteiger partial charge < -0.3 is 14.5 Å². The monoisotopic (exact) mass is 766 g/mol. The molecule has 282 valence electrons. The first-order chi connectivity index (χ1) is 29.8. The Bertz CT molecular complexity index is 3280. The molecule has 2 aromatic heterocycles. The number of benzene rings is 9. The maximum atomic E-state index is 5.22. The summed E-state index contributed by atoms with van der Waals surface area (Å²) < 4.78 is 4.88. The maximum absolute atomic E-state index is 5.22. The van der Waals surface area contributed by atoms with Crippen LogP contribution in [0.5, 0.6) is 0 Å². The molecule has 0 aliphatic carbocycles. The van der Waals surface area contributed by atoms with Crippen LogP contribution >= 0.6 is 0 Å². The molecule has 0 spiro atoms. The molecule has 0 fully saturated rings. The van der Waals surface area contributed by atoms with Crippen molar-refractivity contribution >= 4 is 65.8 Å². The van der Waals surface area contributed by atoms with Crippen molar-refractivity contribution in [2.75, 3.05) is 0 Å². The highest BCUT2D eigenvalue weighted by molar-refractivity contribution is 6.15. The molecule has 12 rings (SSSR count). The first-order valence-electron chi connectivity index (χ1n) is 20.6. The van der Waals surface area contributed by atoms with E-state index in [0.717, 1.165) is 45.0 Å². The number of aromatic nitrogens is 2. The Morgan fingerprint density at radius 3 is 1.30 bits per heavy atom. The van der Waals surface area contributed by atoms with E-state index in [1.165, 1.54) is 59.9 Å². The van der Waals surface area contributed by atoms with E-state index in [0.29, 0.717) is 0 Å². The highest BCUT2D eigenvalue weighted by Gasteiger charge is 2.23. The molecule has 1 aliphatic rings. The fourth-order valence-electron chi connectivity index (χ4n) is 9.45. The predicted octanol–water partition coefficient (Wildman–Crippen LogP) is 13.8. The molecule has 1 unspecified atom stereocenters. The summed E-state index contributed by atoms with van der Waals surface area (Å²) in [6.07, 6.45) is 1.98. The number of hydrogen-bond donors (Lipinski definition) is 1. The Balaban J connectivity index is 1.10. The minimum Gasteiger partial charge on any atom is -0.359 e. The Labute approximate surface area is 347 Å². The number of hydrogen-bond acceptors (Lipinski definition) is 2. The van der Waals surface area contributed by atoms with Gasteiger partial charge in [0.15, 0.2) is 0 Å². The molecule has 0 saturated carbocycles. The summed E-state index contributed by atoms with van der Waals surface area (Å²) in [6.45, 7) is 0. The van der Waals surface area contributed by atoms with Crippen LogP contribution < -0.4 is 5.32 Å². The van der Waals surface area contributed by atoms with Gasteiger partial charge in [0.05, 0.1) is 27.8 Å². The molecule has 0 bridgehead atoms. The van der Waals surface area contributed by atoms with Crippen molar-refractivity contribution in [3.8, 4) is 22.5 Å². The lowest BCUT2D eigenvalue weighted by atomic mass is 9.92. The minimum atomic E-state index is -0.225. The van der Waals surface area contributed by atoms with Crippen molar-refractivity contribution < 1.29 is 0 Å². The van der Waals surface area contributed by atoms with Gasteiger partial charge in [-0.3, -0.25) is 4.99 Å². The minimum absolute atomic E-state index is 0.225. The van der Waals surface area contributed by atoms with Crippen LogP contribution in [-0.2, 0) is 0 Å². The second-order valence-corrected chi connectivity index (χ2v) is 15.6. The summed E-state index contributed by atoms with van der Waals surface area (Å²) in [5, 5.41) is 11.2. The number of aliphatic imine (C=N–C) groups is 1. The highest BCUT2D eigenvalue weighted by Crippen LogP contribution is 2.41. The molecule has 4 nitrogen and oxygen atoms in total. The topological polar surface area (TPSA) is 34.2 Å². The normalized spacial score (nSPS) is 14.2. The van der Waals surface area contributed by atoms with Crippen LogP contribution in [0.25, 0.3) is 82.6 Å². The van der Waals surface area contributed by atoms with Crippen molar-refractivity contribution in [2.45, 2.75) is 6.17 Å². The molecule has 9 aromatic carbocycles. The molecular formula is C56H38N4. The highest BCUT2D eigenvalue weighted by atomic mass is 15.1. The molecule has 60 heavy (non-hydrogen) atoms. The average Bonchev–Trinajstić information content (AvgIpc) is 3.85. The summed E-state index contributed by atoms with van der Waals surface area (Å²) >= 11 is 0. The van der Waals surface area contributed by atoms with Crippen molar-refractivity contribution in [2.24, 2.45) is 4.99 Å². The first-order valence-corrected chi connectivity index (χ1v) is 20.6. The van der Waals surface area contributed by atoms with Crippen molar-refractivity contribution in [3.05, 3.63) is 235 Å². The van der Waals surface area contributed by atoms with Gasteiger partial charge in [-0.05, 0) is 81.6 Å². The van der Waals surface area contributed by atoms with Crippen molar-refractivity contribution in [1.29, 1.82) is 0 Å². The number of para-hydroxylation sites is 4. The Morgan fingerprint density at radius 1 is 0.367 bits per heavy atom. The van der Waals surface area contributed by atoms with Crippen molar-refractivity contribution in [3.63, 3.8) is 0 Å². The van der Waals surface area contributed by atoms with E-state index in [2.05, 4.69) is 233 Å². The molecular weight excluding hydrogens is 729 g/mol. The quantitative estimate of drug-likeness (QED) is 0.180. The first kappa shape index (κ1) is 34.1. The third kappa shape index (κ3) is 5.49. The van der Waals surface area contributed by atoms with Crippen LogP contribution in [0.4, 0.5) is 0 Å². The van der Waals surface area contributed by atoms with E-state index in [1.54, 1.807) is 0 Å². The summed E-state index contributed by atoms with van der Waals surface area (Å²) in [7, 11) is 0. The zero-order chi connectivity index (χ0) is 39.6. The smallest absolute Gasteiger partial charge is 0.145 e. The molecule has 1 N–H and O–H groups in total. The van der Waals surface area contributed by atoms with Gasteiger partial charge >= 0.3 is 0 Å². The standard InChI is InChI=1S/C56H38N4/c1-3-17-37(18-4-1)50-36-51(58-56(57-50)38-19-5-2-6-20-38)45-32-31-42(43-21-7-8-22-44(43)45)39-33-40(59-52-27-13-9-23-46(52)47-24-10-14-28-53(47)59)35-41(34-39)60-54-29-15-11-25-48(54)49-26-12-16-30-55(49)60/h1-36,56,58H. The summed E-state index contributed by atoms with van der Waals surface area (Å²) in [5.41, 5.74) is 14.6.